The number of benzene rings is 1. The van der Waals surface area contributed by atoms with E-state index < -0.39 is 0 Å². The van der Waals surface area contributed by atoms with Gasteiger partial charge in [-0.3, -0.25) is 0 Å². The largest absolute Gasteiger partial charge is 0.357 e. The zero-order valence-corrected chi connectivity index (χ0v) is 13.0. The Balaban J connectivity index is 1.86. The highest BCUT2D eigenvalue weighted by Crippen LogP contribution is 2.35. The van der Waals surface area contributed by atoms with Gasteiger partial charge in [0.25, 0.3) is 0 Å². The van der Waals surface area contributed by atoms with E-state index in [0.717, 1.165) is 12.8 Å². The van der Waals surface area contributed by atoms with Crippen LogP contribution in [0, 0.1) is 6.92 Å². The Labute approximate surface area is 125 Å². The van der Waals surface area contributed by atoms with Gasteiger partial charge in [0.1, 0.15) is 0 Å². The molecule has 4 heteroatoms. The Morgan fingerprint density at radius 3 is 2.90 bits per heavy atom. The number of methoxy groups -OCH3 is 2. The van der Waals surface area contributed by atoms with Gasteiger partial charge < -0.3 is 19.8 Å². The lowest BCUT2D eigenvalue weighted by Crippen LogP contribution is -2.34. The number of hydrogen-bond donors (Lipinski definition) is 2. The van der Waals surface area contributed by atoms with E-state index in [4.69, 9.17) is 9.47 Å². The highest BCUT2D eigenvalue weighted by atomic mass is 16.7. The summed E-state index contributed by atoms with van der Waals surface area (Å²) in [5.41, 5.74) is 5.38. The van der Waals surface area contributed by atoms with E-state index in [-0.39, 0.29) is 6.29 Å². The zero-order valence-electron chi connectivity index (χ0n) is 13.0. The minimum atomic E-state index is -0.193. The summed E-state index contributed by atoms with van der Waals surface area (Å²) < 4.78 is 10.5. The summed E-state index contributed by atoms with van der Waals surface area (Å²) in [5, 5.41) is 4.96. The third-order valence-corrected chi connectivity index (χ3v) is 4.42. The number of ether oxygens (including phenoxy) is 2. The fraction of sp³-hybridized carbons (Fsp3) is 0.529. The van der Waals surface area contributed by atoms with E-state index >= 15 is 0 Å². The van der Waals surface area contributed by atoms with Crippen molar-refractivity contribution in [3.05, 3.63) is 35.0 Å². The highest BCUT2D eigenvalue weighted by Gasteiger charge is 2.24. The van der Waals surface area contributed by atoms with E-state index in [2.05, 4.69) is 35.4 Å². The number of nitrogens with one attached hydrogen (secondary N) is 2. The van der Waals surface area contributed by atoms with Gasteiger partial charge in [-0.1, -0.05) is 11.6 Å². The molecule has 4 nitrogen and oxygen atoms in total. The van der Waals surface area contributed by atoms with Gasteiger partial charge in [0, 0.05) is 43.4 Å². The first kappa shape index (κ1) is 14.6. The van der Waals surface area contributed by atoms with Gasteiger partial charge in [0.05, 0.1) is 0 Å². The van der Waals surface area contributed by atoms with Gasteiger partial charge >= 0.3 is 0 Å². The van der Waals surface area contributed by atoms with Crippen LogP contribution in [0.1, 0.15) is 35.7 Å². The number of aryl methyl sites for hydroxylation is 2. The molecule has 114 valence electrons. The maximum atomic E-state index is 5.26. The minimum Gasteiger partial charge on any atom is -0.357 e. The molecule has 0 saturated heterocycles. The Morgan fingerprint density at radius 1 is 1.33 bits per heavy atom. The van der Waals surface area contributed by atoms with Crippen LogP contribution >= 0.6 is 0 Å². The second-order valence-electron chi connectivity index (χ2n) is 5.82. The molecule has 1 unspecified atom stereocenters. The maximum absolute atomic E-state index is 5.26. The highest BCUT2D eigenvalue weighted by molar-refractivity contribution is 5.85. The maximum Gasteiger partial charge on any atom is 0.169 e. The summed E-state index contributed by atoms with van der Waals surface area (Å²) in [6.45, 7) is 2.85. The van der Waals surface area contributed by atoms with E-state index in [9.17, 15) is 0 Å². The van der Waals surface area contributed by atoms with Crippen molar-refractivity contribution in [2.75, 3.05) is 20.8 Å². The summed E-state index contributed by atoms with van der Waals surface area (Å²) in [7, 11) is 3.35. The van der Waals surface area contributed by atoms with Crippen molar-refractivity contribution < 1.29 is 9.47 Å². The van der Waals surface area contributed by atoms with Crippen molar-refractivity contribution in [2.45, 2.75) is 38.5 Å². The van der Waals surface area contributed by atoms with E-state index in [1.807, 2.05) is 0 Å². The van der Waals surface area contributed by atoms with Crippen LogP contribution in [0.2, 0.25) is 0 Å². The molecule has 2 N–H and O–H groups in total. The molecule has 0 aliphatic heterocycles. The lowest BCUT2D eigenvalue weighted by atomic mass is 9.91. The first-order chi connectivity index (χ1) is 10.2. The lowest BCUT2D eigenvalue weighted by molar-refractivity contribution is -0.100. The van der Waals surface area contributed by atoms with Gasteiger partial charge in [0.2, 0.25) is 0 Å². The van der Waals surface area contributed by atoms with Crippen LogP contribution in [-0.4, -0.2) is 32.0 Å². The van der Waals surface area contributed by atoms with Crippen LogP contribution in [0.5, 0.6) is 0 Å². The van der Waals surface area contributed by atoms with Crippen LogP contribution < -0.4 is 5.32 Å². The van der Waals surface area contributed by atoms with Gasteiger partial charge in [-0.2, -0.15) is 0 Å². The number of aromatic amines is 1. The molecule has 1 atom stereocenters. The Morgan fingerprint density at radius 2 is 2.14 bits per heavy atom. The number of H-pyrrole nitrogens is 1. The van der Waals surface area contributed by atoms with Gasteiger partial charge in [-0.25, -0.2) is 0 Å². The molecule has 1 aliphatic carbocycles. The topological polar surface area (TPSA) is 46.3 Å². The second kappa shape index (κ2) is 6.18. The molecule has 0 fully saturated rings. The SMILES string of the molecule is COC(CNC1CCCc2c1[nH]c1ccc(C)cc21)OC. The third-order valence-electron chi connectivity index (χ3n) is 4.42. The Hall–Kier alpha value is -1.36. The Kier molecular flexibility index (Phi) is 4.29. The molecule has 1 aromatic carbocycles. The van der Waals surface area contributed by atoms with Crippen LogP contribution in [0.4, 0.5) is 0 Å². The summed E-state index contributed by atoms with van der Waals surface area (Å²) in [5.74, 6) is 0. The summed E-state index contributed by atoms with van der Waals surface area (Å²) in [4.78, 5) is 3.61. The van der Waals surface area contributed by atoms with E-state index in [0.29, 0.717) is 12.6 Å². The van der Waals surface area contributed by atoms with Gasteiger partial charge in [-0.05, 0) is 43.9 Å². The molecule has 1 aromatic heterocycles. The summed E-state index contributed by atoms with van der Waals surface area (Å²) >= 11 is 0. The molecule has 1 aliphatic rings. The average molecular weight is 288 g/mol. The summed E-state index contributed by atoms with van der Waals surface area (Å²) in [6.07, 6.45) is 3.34. The molecule has 0 saturated carbocycles. The number of aromatic nitrogens is 1. The fourth-order valence-corrected chi connectivity index (χ4v) is 3.28. The number of hydrogen-bond acceptors (Lipinski definition) is 3. The van der Waals surface area contributed by atoms with Crippen LogP contribution in [0.25, 0.3) is 10.9 Å². The lowest BCUT2D eigenvalue weighted by Gasteiger charge is -2.25. The monoisotopic (exact) mass is 288 g/mol. The molecule has 0 amide bonds. The van der Waals surface area contributed by atoms with Crippen molar-refractivity contribution >= 4 is 10.9 Å². The smallest absolute Gasteiger partial charge is 0.169 e. The molecular formula is C17H24N2O2. The third kappa shape index (κ3) is 2.84. The van der Waals surface area contributed by atoms with Crippen LogP contribution in [0.15, 0.2) is 18.2 Å². The van der Waals surface area contributed by atoms with E-state index in [1.54, 1.807) is 14.2 Å². The minimum absolute atomic E-state index is 0.193. The average Bonchev–Trinajstić information content (AvgIpc) is 2.87. The molecule has 21 heavy (non-hydrogen) atoms. The summed E-state index contributed by atoms with van der Waals surface area (Å²) in [6, 6.07) is 7.00. The molecule has 2 aromatic rings. The molecule has 1 heterocycles. The van der Waals surface area contributed by atoms with Crippen molar-refractivity contribution in [2.24, 2.45) is 0 Å². The standard InChI is InChI=1S/C17H24N2O2/c1-11-7-8-14-13(9-11)12-5-4-6-15(17(12)19-14)18-10-16(20-2)21-3/h7-9,15-16,18-19H,4-6,10H2,1-3H3. The van der Waals surface area contributed by atoms with Crippen molar-refractivity contribution in [3.63, 3.8) is 0 Å². The van der Waals surface area contributed by atoms with Gasteiger partial charge in [0.15, 0.2) is 6.29 Å². The number of fused-ring (bicyclic) bond motifs is 3. The first-order valence-corrected chi connectivity index (χ1v) is 7.63. The predicted molar refractivity (Wildman–Crippen MR) is 84.5 cm³/mol. The van der Waals surface area contributed by atoms with Gasteiger partial charge in [-0.15, -0.1) is 0 Å². The Bertz CT molecular complexity index is 617. The number of rotatable bonds is 5. The molecule has 0 radical (unpaired) electrons. The van der Waals surface area contributed by atoms with Crippen LogP contribution in [-0.2, 0) is 15.9 Å². The zero-order chi connectivity index (χ0) is 14.8. The fourth-order valence-electron chi connectivity index (χ4n) is 3.28. The van der Waals surface area contributed by atoms with Crippen molar-refractivity contribution in [1.82, 2.24) is 10.3 Å². The molecular weight excluding hydrogens is 264 g/mol. The molecule has 0 spiro atoms. The van der Waals surface area contributed by atoms with Crippen molar-refractivity contribution in [1.29, 1.82) is 0 Å². The normalized spacial score (nSPS) is 18.4. The second-order valence-corrected chi connectivity index (χ2v) is 5.82. The molecule has 0 bridgehead atoms. The first-order valence-electron chi connectivity index (χ1n) is 7.63. The quantitative estimate of drug-likeness (QED) is 0.831. The van der Waals surface area contributed by atoms with Crippen molar-refractivity contribution in [3.8, 4) is 0 Å². The van der Waals surface area contributed by atoms with Crippen LogP contribution in [0.3, 0.4) is 0 Å². The molecule has 3 rings (SSSR count). The van der Waals surface area contributed by atoms with E-state index in [1.165, 1.54) is 34.1 Å². The predicted octanol–water partition coefficient (Wildman–Crippen LogP) is 3.06.